The first kappa shape index (κ1) is 19.0. The van der Waals surface area contributed by atoms with E-state index in [2.05, 4.69) is 22.3 Å². The van der Waals surface area contributed by atoms with Crippen LogP contribution in [-0.2, 0) is 13.0 Å². The molecule has 3 N–H and O–H groups in total. The zero-order valence-electron chi connectivity index (χ0n) is 16.4. The van der Waals surface area contributed by atoms with Gasteiger partial charge in [-0.1, -0.05) is 36.4 Å². The monoisotopic (exact) mass is 416 g/mol. The van der Waals surface area contributed by atoms with Crippen molar-refractivity contribution in [3.63, 3.8) is 0 Å². The van der Waals surface area contributed by atoms with Gasteiger partial charge in [-0.3, -0.25) is 10.00 Å². The van der Waals surface area contributed by atoms with Crippen molar-refractivity contribution < 1.29 is 13.6 Å². The summed E-state index contributed by atoms with van der Waals surface area (Å²) >= 11 is 0. The molecule has 5 rings (SSSR count). The van der Waals surface area contributed by atoms with Crippen LogP contribution in [0.5, 0.6) is 0 Å². The van der Waals surface area contributed by atoms with Crippen LogP contribution in [0.4, 0.5) is 19.3 Å². The summed E-state index contributed by atoms with van der Waals surface area (Å²) in [6, 6.07) is 17.7. The Morgan fingerprint density at radius 1 is 1.06 bits per heavy atom. The van der Waals surface area contributed by atoms with Crippen LogP contribution in [0.15, 0.2) is 66.7 Å². The van der Waals surface area contributed by atoms with Crippen LogP contribution in [0, 0.1) is 11.6 Å². The van der Waals surface area contributed by atoms with Crippen molar-refractivity contribution in [3.8, 4) is 22.5 Å². The quantitative estimate of drug-likeness (QED) is 0.432. The Hall–Kier alpha value is -4.00. The number of halogens is 2. The van der Waals surface area contributed by atoms with Crippen molar-refractivity contribution in [2.45, 2.75) is 13.0 Å². The molecule has 0 fully saturated rings. The average molecular weight is 416 g/mol. The summed E-state index contributed by atoms with van der Waals surface area (Å²) in [6.45, 7) is -0.175. The van der Waals surface area contributed by atoms with Crippen molar-refractivity contribution in [1.29, 1.82) is 0 Å². The SMILES string of the molecule is NC(=O)N(Cc1cc(F)ccc1F)c1ccc(-c2n[nH]c3c2Cc2ccccc2-3)cc1. The number of nitrogens with one attached hydrogen (secondary N) is 1. The molecule has 4 aromatic rings. The summed E-state index contributed by atoms with van der Waals surface area (Å²) in [4.78, 5) is 13.2. The van der Waals surface area contributed by atoms with E-state index in [1.165, 1.54) is 10.5 Å². The van der Waals surface area contributed by atoms with Crippen LogP contribution >= 0.6 is 0 Å². The number of hydrogen-bond donors (Lipinski definition) is 2. The lowest BCUT2D eigenvalue weighted by molar-refractivity contribution is 0.253. The Bertz CT molecular complexity index is 1300. The third kappa shape index (κ3) is 3.34. The largest absolute Gasteiger partial charge is 0.351 e. The number of anilines is 1. The number of H-pyrrole nitrogens is 1. The van der Waals surface area contributed by atoms with Gasteiger partial charge in [0.25, 0.3) is 0 Å². The standard InChI is InChI=1S/C24H18F2N4O/c25-17-7-10-21(26)16(11-17)13-30(24(27)31)18-8-5-14(6-9-18)22-20-12-15-3-1-2-4-19(15)23(20)29-28-22/h1-11H,12-13H2,(H2,27,31)(H,28,29). The van der Waals surface area contributed by atoms with Gasteiger partial charge in [-0.15, -0.1) is 0 Å². The van der Waals surface area contributed by atoms with Gasteiger partial charge in [0.2, 0.25) is 0 Å². The normalized spacial score (nSPS) is 11.8. The number of nitrogens with two attached hydrogens (primary N) is 1. The van der Waals surface area contributed by atoms with E-state index >= 15 is 0 Å². The van der Waals surface area contributed by atoms with E-state index in [4.69, 9.17) is 5.73 Å². The highest BCUT2D eigenvalue weighted by Gasteiger charge is 2.25. The molecule has 0 saturated carbocycles. The van der Waals surface area contributed by atoms with Crippen LogP contribution in [0.25, 0.3) is 22.5 Å². The fourth-order valence-corrected chi connectivity index (χ4v) is 4.04. The molecule has 154 valence electrons. The maximum Gasteiger partial charge on any atom is 0.319 e. The second-order valence-electron chi connectivity index (χ2n) is 7.47. The molecule has 0 aliphatic heterocycles. The predicted molar refractivity (Wildman–Crippen MR) is 114 cm³/mol. The molecule has 3 aromatic carbocycles. The lowest BCUT2D eigenvalue weighted by Crippen LogP contribution is -2.35. The average Bonchev–Trinajstić information content (AvgIpc) is 3.34. The highest BCUT2D eigenvalue weighted by molar-refractivity contribution is 5.91. The number of aromatic amines is 1. The number of fused-ring (bicyclic) bond motifs is 3. The van der Waals surface area contributed by atoms with E-state index in [9.17, 15) is 13.6 Å². The summed E-state index contributed by atoms with van der Waals surface area (Å²) in [5, 5.41) is 7.61. The van der Waals surface area contributed by atoms with Crippen LogP contribution < -0.4 is 10.6 Å². The topological polar surface area (TPSA) is 75.0 Å². The Kier molecular flexibility index (Phi) is 4.51. The fraction of sp³-hybridized carbons (Fsp3) is 0.0833. The van der Waals surface area contributed by atoms with Crippen LogP contribution in [-0.4, -0.2) is 16.2 Å². The molecular weight excluding hydrogens is 398 g/mol. The van der Waals surface area contributed by atoms with Gasteiger partial charge in [0.1, 0.15) is 11.6 Å². The number of primary amides is 1. The Balaban J connectivity index is 1.44. The summed E-state index contributed by atoms with van der Waals surface area (Å²) in [5.41, 5.74) is 12.3. The van der Waals surface area contributed by atoms with Gasteiger partial charge in [0.05, 0.1) is 17.9 Å². The molecule has 5 nitrogen and oxygen atoms in total. The van der Waals surface area contributed by atoms with Gasteiger partial charge in [-0.05, 0) is 35.9 Å². The van der Waals surface area contributed by atoms with Crippen molar-refractivity contribution >= 4 is 11.7 Å². The van der Waals surface area contributed by atoms with E-state index < -0.39 is 17.7 Å². The second-order valence-corrected chi connectivity index (χ2v) is 7.47. The zero-order valence-corrected chi connectivity index (χ0v) is 16.4. The molecule has 0 saturated heterocycles. The lowest BCUT2D eigenvalue weighted by atomic mass is 10.0. The number of nitrogens with zero attached hydrogens (tertiary/aromatic N) is 2. The molecule has 0 spiro atoms. The molecule has 2 amide bonds. The number of carbonyl (C=O) groups excluding carboxylic acids is 1. The van der Waals surface area contributed by atoms with Crippen LogP contribution in [0.2, 0.25) is 0 Å². The van der Waals surface area contributed by atoms with E-state index in [-0.39, 0.29) is 12.1 Å². The minimum absolute atomic E-state index is 0.0470. The molecule has 1 heterocycles. The van der Waals surface area contributed by atoms with E-state index in [1.807, 2.05) is 24.3 Å². The molecule has 1 aromatic heterocycles. The summed E-state index contributed by atoms with van der Waals surface area (Å²) in [7, 11) is 0. The minimum atomic E-state index is -0.757. The Morgan fingerprint density at radius 3 is 2.61 bits per heavy atom. The number of aromatic nitrogens is 2. The van der Waals surface area contributed by atoms with Gasteiger partial charge in [0.15, 0.2) is 0 Å². The molecule has 0 radical (unpaired) electrons. The van der Waals surface area contributed by atoms with Crippen LogP contribution in [0.1, 0.15) is 16.7 Å². The van der Waals surface area contributed by atoms with Gasteiger partial charge < -0.3 is 5.73 Å². The first-order chi connectivity index (χ1) is 15.0. The first-order valence-corrected chi connectivity index (χ1v) is 9.78. The van der Waals surface area contributed by atoms with Crippen molar-refractivity contribution in [1.82, 2.24) is 10.2 Å². The Morgan fingerprint density at radius 2 is 1.84 bits per heavy atom. The number of benzene rings is 3. The second kappa shape index (κ2) is 7.36. The number of urea groups is 1. The number of hydrogen-bond acceptors (Lipinski definition) is 2. The minimum Gasteiger partial charge on any atom is -0.351 e. The maximum atomic E-state index is 14.0. The molecule has 0 atom stereocenters. The maximum absolute atomic E-state index is 14.0. The third-order valence-corrected chi connectivity index (χ3v) is 5.58. The summed E-state index contributed by atoms with van der Waals surface area (Å²) in [5.74, 6) is -1.18. The first-order valence-electron chi connectivity index (χ1n) is 9.78. The Labute approximate surface area is 177 Å². The number of rotatable bonds is 4. The van der Waals surface area contributed by atoms with Crippen LogP contribution in [0.3, 0.4) is 0 Å². The highest BCUT2D eigenvalue weighted by atomic mass is 19.1. The lowest BCUT2D eigenvalue weighted by Gasteiger charge is -2.21. The third-order valence-electron chi connectivity index (χ3n) is 5.58. The van der Waals surface area contributed by atoms with Gasteiger partial charge >= 0.3 is 6.03 Å². The molecule has 31 heavy (non-hydrogen) atoms. The summed E-state index contributed by atoms with van der Waals surface area (Å²) < 4.78 is 27.5. The fourth-order valence-electron chi connectivity index (χ4n) is 4.04. The molecular formula is C24H18F2N4O. The van der Waals surface area contributed by atoms with Crippen molar-refractivity contribution in [2.24, 2.45) is 5.73 Å². The van der Waals surface area contributed by atoms with Gasteiger partial charge in [-0.2, -0.15) is 5.10 Å². The number of carbonyl (C=O) groups is 1. The van der Waals surface area contributed by atoms with Gasteiger partial charge in [-0.25, -0.2) is 13.6 Å². The van der Waals surface area contributed by atoms with E-state index in [0.717, 1.165) is 52.7 Å². The highest BCUT2D eigenvalue weighted by Crippen LogP contribution is 2.40. The number of amides is 2. The van der Waals surface area contributed by atoms with E-state index in [1.54, 1.807) is 12.1 Å². The molecule has 1 aliphatic rings. The zero-order chi connectivity index (χ0) is 21.5. The predicted octanol–water partition coefficient (Wildman–Crippen LogP) is 5.01. The van der Waals surface area contributed by atoms with Crippen molar-refractivity contribution in [3.05, 3.63) is 95.1 Å². The molecule has 7 heteroatoms. The molecule has 1 aliphatic carbocycles. The smallest absolute Gasteiger partial charge is 0.319 e. The van der Waals surface area contributed by atoms with E-state index in [0.29, 0.717) is 5.69 Å². The van der Waals surface area contributed by atoms with Gasteiger partial charge in [0, 0.05) is 34.4 Å². The summed E-state index contributed by atoms with van der Waals surface area (Å²) in [6.07, 6.45) is 0.797. The molecule has 0 unspecified atom stereocenters. The molecule has 0 bridgehead atoms. The van der Waals surface area contributed by atoms with Crippen molar-refractivity contribution in [2.75, 3.05) is 4.90 Å².